The molecule has 1 radical (unpaired) electrons. The molecule has 0 fully saturated rings. The molecule has 0 unspecified atom stereocenters. The Hall–Kier alpha value is -1.66. The molecule has 2 aromatic carbocycles. The highest BCUT2D eigenvalue weighted by atomic mass is 28.3. The predicted molar refractivity (Wildman–Crippen MR) is 111 cm³/mol. The molecule has 4 heteroatoms. The van der Waals surface area contributed by atoms with E-state index in [1.807, 2.05) is 0 Å². The third kappa shape index (κ3) is 3.38. The lowest BCUT2D eigenvalue weighted by molar-refractivity contribution is 0.267. The summed E-state index contributed by atoms with van der Waals surface area (Å²) in [5.41, 5.74) is 6.63. The van der Waals surface area contributed by atoms with Gasteiger partial charge in [0.05, 0.1) is 16.1 Å². The largest absolute Gasteiger partial charge is 0.452 e. The Morgan fingerprint density at radius 2 is 1.64 bits per heavy atom. The fourth-order valence-electron chi connectivity index (χ4n) is 3.78. The Kier molecular flexibility index (Phi) is 4.54. The maximum Gasteiger partial charge on any atom is 0.417 e. The summed E-state index contributed by atoms with van der Waals surface area (Å²) in [6.45, 7) is 16.1. The Morgan fingerprint density at radius 1 is 0.960 bits per heavy atom. The van der Waals surface area contributed by atoms with Crippen molar-refractivity contribution in [3.8, 4) is 11.1 Å². The summed E-state index contributed by atoms with van der Waals surface area (Å²) in [5, 5.41) is 2.89. The molecule has 3 rings (SSSR count). The van der Waals surface area contributed by atoms with Crippen LogP contribution >= 0.6 is 0 Å². The Bertz CT molecular complexity index is 827. The van der Waals surface area contributed by atoms with Crippen LogP contribution in [0.15, 0.2) is 30.3 Å². The van der Waals surface area contributed by atoms with Crippen molar-refractivity contribution >= 4 is 33.0 Å². The quantitative estimate of drug-likeness (QED) is 0.639. The number of rotatable bonds is 5. The maximum absolute atomic E-state index is 10.7. The highest BCUT2D eigenvalue weighted by molar-refractivity contribution is 6.89. The number of hydrogen-bond acceptors (Lipinski definition) is 2. The minimum Gasteiger partial charge on any atom is -0.452 e. The van der Waals surface area contributed by atoms with Gasteiger partial charge in [-0.15, -0.1) is 0 Å². The molecule has 1 aliphatic carbocycles. The van der Waals surface area contributed by atoms with Gasteiger partial charge in [0, 0.05) is 0 Å². The molecule has 2 aromatic rings. The third-order valence-electron chi connectivity index (χ3n) is 5.14. The molecule has 131 valence electrons. The van der Waals surface area contributed by atoms with E-state index in [1.165, 1.54) is 38.2 Å². The van der Waals surface area contributed by atoms with E-state index in [4.69, 9.17) is 4.74 Å². The Labute approximate surface area is 153 Å². The van der Waals surface area contributed by atoms with E-state index in [-0.39, 0.29) is 0 Å². The summed E-state index contributed by atoms with van der Waals surface area (Å²) < 4.78 is 5.08. The van der Waals surface area contributed by atoms with Crippen molar-refractivity contribution in [3.63, 3.8) is 0 Å². The summed E-state index contributed by atoms with van der Waals surface area (Å²) in [4.78, 5) is 10.7. The van der Waals surface area contributed by atoms with Crippen molar-refractivity contribution in [2.24, 2.45) is 0 Å². The van der Waals surface area contributed by atoms with Gasteiger partial charge in [-0.1, -0.05) is 80.0 Å². The lowest BCUT2D eigenvalue weighted by Gasteiger charge is -2.23. The molecular weight excluding hydrogens is 340 g/mol. The second-order valence-corrected chi connectivity index (χ2v) is 19.2. The standard InChI is InChI=1S/C21H27O2Si2/c1-24(2,3)16-7-8-17-15(11-16)12-19-18(17)9-10-21(25(4,5)6)20(19)13-23-14-22/h7-11H,12-13H2,1-6H3. The number of benzene rings is 2. The van der Waals surface area contributed by atoms with Crippen LogP contribution in [0.3, 0.4) is 0 Å². The molecule has 0 saturated carbocycles. The zero-order valence-corrected chi connectivity index (χ0v) is 18.1. The summed E-state index contributed by atoms with van der Waals surface area (Å²) in [5.74, 6) is 0. The van der Waals surface area contributed by atoms with Gasteiger partial charge in [0.1, 0.15) is 6.61 Å². The van der Waals surface area contributed by atoms with Gasteiger partial charge in [-0.3, -0.25) is 0 Å². The lowest BCUT2D eigenvalue weighted by Crippen LogP contribution is -2.41. The van der Waals surface area contributed by atoms with E-state index < -0.39 is 16.1 Å². The summed E-state index contributed by atoms with van der Waals surface area (Å²) in [6.07, 6.45) is 0.943. The monoisotopic (exact) mass is 367 g/mol. The van der Waals surface area contributed by atoms with E-state index in [0.29, 0.717) is 6.61 Å². The average Bonchev–Trinajstić information content (AvgIpc) is 2.88. The van der Waals surface area contributed by atoms with Crippen LogP contribution in [0, 0.1) is 0 Å². The number of ether oxygens (including phenoxy) is 1. The first-order valence-electron chi connectivity index (χ1n) is 8.91. The van der Waals surface area contributed by atoms with Crippen LogP contribution in [0.5, 0.6) is 0 Å². The lowest BCUT2D eigenvalue weighted by atomic mass is 10.0. The third-order valence-corrected chi connectivity index (χ3v) is 9.27. The molecule has 0 saturated heterocycles. The van der Waals surface area contributed by atoms with Crippen molar-refractivity contribution < 1.29 is 9.53 Å². The van der Waals surface area contributed by atoms with Crippen LogP contribution in [-0.4, -0.2) is 22.6 Å². The van der Waals surface area contributed by atoms with Crippen LogP contribution in [0.4, 0.5) is 0 Å². The van der Waals surface area contributed by atoms with E-state index in [9.17, 15) is 4.79 Å². The van der Waals surface area contributed by atoms with Gasteiger partial charge in [-0.05, 0) is 34.2 Å². The van der Waals surface area contributed by atoms with Crippen LogP contribution < -0.4 is 10.4 Å². The molecule has 0 aromatic heterocycles. The van der Waals surface area contributed by atoms with Gasteiger partial charge in [0.2, 0.25) is 0 Å². The number of fused-ring (bicyclic) bond motifs is 3. The molecule has 0 aliphatic heterocycles. The SMILES string of the molecule is C[Si](C)(C)c1ccc2c(c1)Cc1c-2ccc([Si](C)(C)C)c1CO[C]=O. The van der Waals surface area contributed by atoms with Gasteiger partial charge in [-0.2, -0.15) is 0 Å². The Morgan fingerprint density at radius 3 is 2.24 bits per heavy atom. The summed E-state index contributed by atoms with van der Waals surface area (Å²) >= 11 is 0. The predicted octanol–water partition coefficient (Wildman–Crippen LogP) is 3.93. The molecule has 0 bridgehead atoms. The number of carbonyl (C=O) groups excluding carboxylic acids is 1. The number of hydrogen-bond donors (Lipinski definition) is 0. The fourth-order valence-corrected chi connectivity index (χ4v) is 6.68. The fraction of sp³-hybridized carbons (Fsp3) is 0.381. The zero-order valence-electron chi connectivity index (χ0n) is 16.1. The minimum absolute atomic E-state index is 0.334. The normalized spacial score (nSPS) is 13.4. The first kappa shape index (κ1) is 18.1. The second kappa shape index (κ2) is 6.25. The minimum atomic E-state index is -1.52. The van der Waals surface area contributed by atoms with Gasteiger partial charge >= 0.3 is 6.47 Å². The summed E-state index contributed by atoms with van der Waals surface area (Å²) in [6, 6.07) is 11.5. The molecule has 1 aliphatic rings. The molecule has 0 N–H and O–H groups in total. The topological polar surface area (TPSA) is 26.3 Å². The van der Waals surface area contributed by atoms with Crippen molar-refractivity contribution in [2.75, 3.05) is 0 Å². The van der Waals surface area contributed by atoms with Gasteiger partial charge in [-0.25, -0.2) is 4.79 Å². The maximum atomic E-state index is 10.7. The zero-order chi connectivity index (χ0) is 18.4. The highest BCUT2D eigenvalue weighted by Crippen LogP contribution is 2.38. The van der Waals surface area contributed by atoms with Gasteiger partial charge in [0.25, 0.3) is 0 Å². The molecule has 2 nitrogen and oxygen atoms in total. The van der Waals surface area contributed by atoms with Crippen LogP contribution in [0.2, 0.25) is 39.3 Å². The van der Waals surface area contributed by atoms with Crippen LogP contribution in [0.1, 0.15) is 16.7 Å². The first-order chi connectivity index (χ1) is 11.6. The average molecular weight is 368 g/mol. The Balaban J connectivity index is 2.13. The molecule has 0 amide bonds. The first-order valence-corrected chi connectivity index (χ1v) is 15.9. The van der Waals surface area contributed by atoms with Crippen molar-refractivity contribution in [2.45, 2.75) is 52.3 Å². The smallest absolute Gasteiger partial charge is 0.417 e. The van der Waals surface area contributed by atoms with E-state index in [0.717, 1.165) is 6.42 Å². The van der Waals surface area contributed by atoms with Crippen LogP contribution in [0.25, 0.3) is 11.1 Å². The van der Waals surface area contributed by atoms with Crippen molar-refractivity contribution in [3.05, 3.63) is 47.0 Å². The molecule has 0 atom stereocenters. The van der Waals surface area contributed by atoms with E-state index in [2.05, 4.69) is 69.6 Å². The van der Waals surface area contributed by atoms with Gasteiger partial charge in [0.15, 0.2) is 0 Å². The van der Waals surface area contributed by atoms with Crippen molar-refractivity contribution in [1.29, 1.82) is 0 Å². The summed E-state index contributed by atoms with van der Waals surface area (Å²) in [7, 11) is -2.84. The van der Waals surface area contributed by atoms with Crippen molar-refractivity contribution in [1.82, 2.24) is 0 Å². The highest BCUT2D eigenvalue weighted by Gasteiger charge is 2.29. The molecule has 0 heterocycles. The molecule has 25 heavy (non-hydrogen) atoms. The van der Waals surface area contributed by atoms with Gasteiger partial charge < -0.3 is 4.74 Å². The van der Waals surface area contributed by atoms with Crippen LogP contribution in [-0.2, 0) is 22.6 Å². The molecule has 0 spiro atoms. The molecular formula is C21H27O2Si2. The van der Waals surface area contributed by atoms with E-state index >= 15 is 0 Å². The van der Waals surface area contributed by atoms with E-state index in [1.54, 1.807) is 6.47 Å². The second-order valence-electron chi connectivity index (χ2n) is 9.04.